The first-order chi connectivity index (χ1) is 9.54. The lowest BCUT2D eigenvalue weighted by atomic mass is 10.1. The van der Waals surface area contributed by atoms with Gasteiger partial charge in [0.25, 0.3) is 0 Å². The molecule has 8 heteroatoms. The molecule has 0 aliphatic heterocycles. The van der Waals surface area contributed by atoms with E-state index in [0.717, 1.165) is 11.8 Å². The largest absolute Gasteiger partial charge is 0.496 e. The maximum Gasteiger partial charge on any atom is 0.153 e. The lowest BCUT2D eigenvalue weighted by Gasteiger charge is -2.16. The Bertz CT molecular complexity index is 695. The van der Waals surface area contributed by atoms with Gasteiger partial charge in [-0.05, 0) is 13.0 Å². The van der Waals surface area contributed by atoms with Crippen LogP contribution < -0.4 is 10.5 Å². The van der Waals surface area contributed by atoms with E-state index in [9.17, 15) is 16.8 Å². The van der Waals surface area contributed by atoms with Crippen LogP contribution in [0.1, 0.15) is 17.2 Å². The zero-order valence-corrected chi connectivity index (χ0v) is 14.0. The normalized spacial score (nSPS) is 13.9. The van der Waals surface area contributed by atoms with Gasteiger partial charge in [0.1, 0.15) is 15.6 Å². The number of rotatable bonds is 7. The van der Waals surface area contributed by atoms with Crippen LogP contribution in [0.25, 0.3) is 0 Å². The summed E-state index contributed by atoms with van der Waals surface area (Å²) in [5.41, 5.74) is 7.49. The second kappa shape index (κ2) is 6.76. The van der Waals surface area contributed by atoms with Crippen LogP contribution in [0.5, 0.6) is 5.75 Å². The molecule has 6 nitrogen and oxygen atoms in total. The number of aryl methyl sites for hydroxylation is 1. The van der Waals surface area contributed by atoms with Crippen molar-refractivity contribution in [2.24, 2.45) is 5.73 Å². The standard InChI is InChI=1S/C13H21NO5S2/c1-10-4-5-13(19-2)11(8-10)12(14)9-21(17,18)7-6-20(3,15)16/h4-5,8,12H,6-7,9,14H2,1-3H3. The Kier molecular flexibility index (Phi) is 5.77. The molecular weight excluding hydrogens is 314 g/mol. The Labute approximate surface area is 126 Å². The summed E-state index contributed by atoms with van der Waals surface area (Å²) in [7, 11) is -5.40. The Morgan fingerprint density at radius 2 is 1.81 bits per heavy atom. The molecule has 0 aromatic heterocycles. The van der Waals surface area contributed by atoms with Crippen molar-refractivity contribution in [1.82, 2.24) is 0 Å². The van der Waals surface area contributed by atoms with Crippen LogP contribution >= 0.6 is 0 Å². The number of sulfone groups is 2. The smallest absolute Gasteiger partial charge is 0.153 e. The molecule has 0 aliphatic rings. The number of benzene rings is 1. The quantitative estimate of drug-likeness (QED) is 0.776. The average Bonchev–Trinajstić information content (AvgIpc) is 2.35. The average molecular weight is 335 g/mol. The van der Waals surface area contributed by atoms with E-state index in [4.69, 9.17) is 10.5 Å². The lowest BCUT2D eigenvalue weighted by molar-refractivity contribution is 0.407. The molecule has 1 aromatic rings. The van der Waals surface area contributed by atoms with Gasteiger partial charge in [0, 0.05) is 17.9 Å². The van der Waals surface area contributed by atoms with Gasteiger partial charge in [0.05, 0.1) is 24.4 Å². The number of hydrogen-bond acceptors (Lipinski definition) is 6. The summed E-state index contributed by atoms with van der Waals surface area (Å²) in [4.78, 5) is 0. The van der Waals surface area contributed by atoms with Gasteiger partial charge in [-0.3, -0.25) is 0 Å². The van der Waals surface area contributed by atoms with Crippen LogP contribution in [-0.4, -0.2) is 47.5 Å². The van der Waals surface area contributed by atoms with E-state index in [1.807, 2.05) is 13.0 Å². The third kappa shape index (κ3) is 6.03. The number of hydrogen-bond donors (Lipinski definition) is 1. The third-order valence-corrected chi connectivity index (χ3v) is 5.88. The van der Waals surface area contributed by atoms with E-state index >= 15 is 0 Å². The molecular formula is C13H21NO5S2. The summed E-state index contributed by atoms with van der Waals surface area (Å²) < 4.78 is 51.2. The molecule has 0 amide bonds. The molecule has 1 atom stereocenters. The molecule has 1 aromatic carbocycles. The van der Waals surface area contributed by atoms with Gasteiger partial charge in [-0.2, -0.15) is 0 Å². The number of methoxy groups -OCH3 is 1. The highest BCUT2D eigenvalue weighted by molar-refractivity contribution is 7.94. The maximum atomic E-state index is 12.0. The van der Waals surface area contributed by atoms with E-state index in [2.05, 4.69) is 0 Å². The second-order valence-corrected chi connectivity index (χ2v) is 9.58. The molecule has 0 aliphatic carbocycles. The van der Waals surface area contributed by atoms with Crippen molar-refractivity contribution in [3.63, 3.8) is 0 Å². The zero-order valence-electron chi connectivity index (χ0n) is 12.4. The third-order valence-electron chi connectivity index (χ3n) is 2.98. The monoisotopic (exact) mass is 335 g/mol. The van der Waals surface area contributed by atoms with Crippen LogP contribution in [-0.2, 0) is 19.7 Å². The summed E-state index contributed by atoms with van der Waals surface area (Å²) in [5.74, 6) is -0.616. The first-order valence-electron chi connectivity index (χ1n) is 6.32. The van der Waals surface area contributed by atoms with Gasteiger partial charge in [-0.1, -0.05) is 17.7 Å². The number of ether oxygens (including phenoxy) is 1. The predicted molar refractivity (Wildman–Crippen MR) is 83.0 cm³/mol. The minimum Gasteiger partial charge on any atom is -0.496 e. The highest BCUT2D eigenvalue weighted by Crippen LogP contribution is 2.26. The molecule has 21 heavy (non-hydrogen) atoms. The minimum absolute atomic E-state index is 0.317. The second-order valence-electron chi connectivity index (χ2n) is 5.10. The fourth-order valence-corrected chi connectivity index (χ4v) is 4.99. The van der Waals surface area contributed by atoms with Crippen molar-refractivity contribution < 1.29 is 21.6 Å². The topological polar surface area (TPSA) is 104 Å². The summed E-state index contributed by atoms with van der Waals surface area (Å²) in [6.45, 7) is 1.87. The Balaban J connectivity index is 2.90. The van der Waals surface area contributed by atoms with Crippen LogP contribution in [0, 0.1) is 6.92 Å². The molecule has 1 unspecified atom stereocenters. The summed E-state index contributed by atoms with van der Waals surface area (Å²) in [5, 5.41) is 0. The van der Waals surface area contributed by atoms with Gasteiger partial charge in [0.15, 0.2) is 9.84 Å². The molecule has 2 N–H and O–H groups in total. The van der Waals surface area contributed by atoms with Gasteiger partial charge in [0.2, 0.25) is 0 Å². The highest BCUT2D eigenvalue weighted by Gasteiger charge is 2.22. The van der Waals surface area contributed by atoms with E-state index in [1.165, 1.54) is 7.11 Å². The summed E-state index contributed by atoms with van der Waals surface area (Å²) in [6.07, 6.45) is 1.01. The fraction of sp³-hybridized carbons (Fsp3) is 0.538. The van der Waals surface area contributed by atoms with Crippen molar-refractivity contribution in [1.29, 1.82) is 0 Å². The summed E-state index contributed by atoms with van der Waals surface area (Å²) >= 11 is 0. The van der Waals surface area contributed by atoms with Gasteiger partial charge >= 0.3 is 0 Å². The molecule has 0 bridgehead atoms. The van der Waals surface area contributed by atoms with E-state index in [-0.39, 0.29) is 5.75 Å². The number of nitrogens with two attached hydrogens (primary N) is 1. The zero-order chi connectivity index (χ0) is 16.3. The van der Waals surface area contributed by atoms with E-state index in [0.29, 0.717) is 11.3 Å². The molecule has 0 fully saturated rings. The molecule has 0 spiro atoms. The molecule has 120 valence electrons. The molecule has 0 saturated carbocycles. The minimum atomic E-state index is -3.56. The van der Waals surface area contributed by atoms with Crippen molar-refractivity contribution in [3.05, 3.63) is 29.3 Å². The van der Waals surface area contributed by atoms with Crippen LogP contribution in [0.3, 0.4) is 0 Å². The van der Waals surface area contributed by atoms with Crippen molar-refractivity contribution in [3.8, 4) is 5.75 Å². The maximum absolute atomic E-state index is 12.0. The molecule has 0 saturated heterocycles. The first-order valence-corrected chi connectivity index (χ1v) is 10.2. The fourth-order valence-electron chi connectivity index (χ4n) is 1.87. The van der Waals surface area contributed by atoms with Gasteiger partial charge < -0.3 is 10.5 Å². The van der Waals surface area contributed by atoms with E-state index in [1.54, 1.807) is 12.1 Å². The van der Waals surface area contributed by atoms with Gasteiger partial charge in [-0.15, -0.1) is 0 Å². The van der Waals surface area contributed by atoms with Crippen molar-refractivity contribution >= 4 is 19.7 Å². The van der Waals surface area contributed by atoms with Crippen LogP contribution in [0.2, 0.25) is 0 Å². The van der Waals surface area contributed by atoms with Gasteiger partial charge in [-0.25, -0.2) is 16.8 Å². The van der Waals surface area contributed by atoms with Crippen molar-refractivity contribution in [2.75, 3.05) is 30.6 Å². The lowest BCUT2D eigenvalue weighted by Crippen LogP contribution is -2.26. The molecule has 0 heterocycles. The van der Waals surface area contributed by atoms with Crippen molar-refractivity contribution in [2.45, 2.75) is 13.0 Å². The first kappa shape index (κ1) is 17.9. The Morgan fingerprint density at radius 1 is 1.19 bits per heavy atom. The Hall–Kier alpha value is -1.12. The summed E-state index contributed by atoms with van der Waals surface area (Å²) in [6, 6.07) is 4.58. The predicted octanol–water partition coefficient (Wildman–Crippen LogP) is 0.463. The highest BCUT2D eigenvalue weighted by atomic mass is 32.2. The van der Waals surface area contributed by atoms with Crippen LogP contribution in [0.15, 0.2) is 18.2 Å². The van der Waals surface area contributed by atoms with Crippen LogP contribution in [0.4, 0.5) is 0 Å². The Morgan fingerprint density at radius 3 is 2.33 bits per heavy atom. The molecule has 0 radical (unpaired) electrons. The SMILES string of the molecule is COc1ccc(C)cc1C(N)CS(=O)(=O)CCS(C)(=O)=O. The van der Waals surface area contributed by atoms with E-state index < -0.39 is 37.2 Å². The molecule has 1 rings (SSSR count).